The molecule has 0 heterocycles. The first-order chi connectivity index (χ1) is 13.6. The van der Waals surface area contributed by atoms with Crippen molar-refractivity contribution in [3.8, 4) is 0 Å². The molecule has 0 saturated heterocycles. The highest BCUT2D eigenvalue weighted by Crippen LogP contribution is 2.30. The van der Waals surface area contributed by atoms with E-state index in [1.807, 2.05) is 14.0 Å². The van der Waals surface area contributed by atoms with E-state index in [0.29, 0.717) is 23.8 Å². The van der Waals surface area contributed by atoms with Gasteiger partial charge in [0.05, 0.1) is 17.3 Å². The Morgan fingerprint density at radius 1 is 1.07 bits per heavy atom. The maximum atomic E-state index is 12.7. The molecule has 1 aromatic carbocycles. The summed E-state index contributed by atoms with van der Waals surface area (Å²) in [6.45, 7) is 12.8. The summed E-state index contributed by atoms with van der Waals surface area (Å²) in [4.78, 5) is 32.4. The molecule has 2 amide bonds. The van der Waals surface area contributed by atoms with Crippen molar-refractivity contribution in [3.05, 3.63) is 28.8 Å². The molecule has 0 aliphatic heterocycles. The molecule has 0 spiro atoms. The first kappa shape index (κ1) is 25.6. The summed E-state index contributed by atoms with van der Waals surface area (Å²) in [6, 6.07) is 5.12. The third kappa shape index (κ3) is 8.10. The van der Waals surface area contributed by atoms with Gasteiger partial charge in [-0.15, -0.1) is 0 Å². The first-order valence-corrected chi connectivity index (χ1v) is 10.1. The summed E-state index contributed by atoms with van der Waals surface area (Å²) in [5.74, 6) is 0.299. The van der Waals surface area contributed by atoms with Gasteiger partial charge in [-0.2, -0.15) is 0 Å². The largest absolute Gasteiger partial charge is 0.443 e. The van der Waals surface area contributed by atoms with Gasteiger partial charge in [-0.3, -0.25) is 0 Å². The number of halogens is 1. The summed E-state index contributed by atoms with van der Waals surface area (Å²) >= 11 is 6.51. The fourth-order valence-electron chi connectivity index (χ4n) is 2.15. The van der Waals surface area contributed by atoms with Crippen molar-refractivity contribution in [2.24, 2.45) is 10.7 Å². The number of aliphatic imine (C=N–C) groups is 1. The number of hydrogen-bond acceptors (Lipinski definition) is 5. The normalized spacial score (nSPS) is 12.4. The standard InChI is InChI=1S/C21H33ClN4O4/c1-9-25(8)17(23)24-15-12-10-11-14(16(15)22)13-26(18(27)29-20(2,3)4)19(28)30-21(5,6)7/h10-12H,9,13H2,1-8H3,(H2,23,24). The van der Waals surface area contributed by atoms with Crippen LogP contribution in [0.5, 0.6) is 0 Å². The number of benzene rings is 1. The zero-order valence-electron chi connectivity index (χ0n) is 19.1. The molecule has 30 heavy (non-hydrogen) atoms. The Hall–Kier alpha value is -2.48. The van der Waals surface area contributed by atoms with Crippen molar-refractivity contribution in [3.63, 3.8) is 0 Å². The molecule has 0 saturated carbocycles. The minimum atomic E-state index is -0.827. The average Bonchev–Trinajstić information content (AvgIpc) is 2.58. The van der Waals surface area contributed by atoms with Gasteiger partial charge in [0.1, 0.15) is 11.2 Å². The van der Waals surface area contributed by atoms with Gasteiger partial charge < -0.3 is 20.1 Å². The second kappa shape index (κ2) is 10.0. The second-order valence-corrected chi connectivity index (χ2v) is 9.16. The minimum absolute atomic E-state index is 0.143. The van der Waals surface area contributed by atoms with Crippen molar-refractivity contribution in [1.82, 2.24) is 9.80 Å². The Morgan fingerprint density at radius 2 is 1.57 bits per heavy atom. The predicted octanol–water partition coefficient (Wildman–Crippen LogP) is 4.91. The number of guanidine groups is 1. The van der Waals surface area contributed by atoms with Crippen molar-refractivity contribution < 1.29 is 19.1 Å². The van der Waals surface area contributed by atoms with Gasteiger partial charge >= 0.3 is 12.2 Å². The number of nitrogens with zero attached hydrogens (tertiary/aromatic N) is 3. The molecule has 1 aromatic rings. The Balaban J connectivity index is 3.27. The predicted molar refractivity (Wildman–Crippen MR) is 119 cm³/mol. The zero-order valence-corrected chi connectivity index (χ0v) is 19.8. The molecular formula is C21H33ClN4O4. The van der Waals surface area contributed by atoms with E-state index >= 15 is 0 Å². The van der Waals surface area contributed by atoms with Crippen LogP contribution in [0.3, 0.4) is 0 Å². The average molecular weight is 441 g/mol. The highest BCUT2D eigenvalue weighted by atomic mass is 35.5. The zero-order chi connectivity index (χ0) is 23.3. The van der Waals surface area contributed by atoms with Crippen LogP contribution < -0.4 is 5.73 Å². The Bertz CT molecular complexity index is 769. The topological polar surface area (TPSA) is 97.5 Å². The second-order valence-electron chi connectivity index (χ2n) is 8.78. The molecule has 8 nitrogen and oxygen atoms in total. The van der Waals surface area contributed by atoms with Crippen LogP contribution in [0.25, 0.3) is 0 Å². The smallest absolute Gasteiger partial charge is 0.420 e. The van der Waals surface area contributed by atoms with Crippen molar-refractivity contribution >= 4 is 35.4 Å². The SMILES string of the molecule is CCN(C)C(N)=Nc1cccc(CN(C(=O)OC(C)(C)C)C(=O)OC(C)(C)C)c1Cl. The molecule has 0 fully saturated rings. The minimum Gasteiger partial charge on any atom is -0.443 e. The summed E-state index contributed by atoms with van der Waals surface area (Å²) in [7, 11) is 1.81. The number of nitrogens with two attached hydrogens (primary N) is 1. The molecule has 0 radical (unpaired) electrons. The van der Waals surface area contributed by atoms with Gasteiger partial charge in [0.15, 0.2) is 5.96 Å². The highest BCUT2D eigenvalue weighted by molar-refractivity contribution is 6.34. The third-order valence-electron chi connectivity index (χ3n) is 3.71. The fraction of sp³-hybridized carbons (Fsp3) is 0.571. The van der Waals surface area contributed by atoms with Crippen LogP contribution in [0, 0.1) is 0 Å². The lowest BCUT2D eigenvalue weighted by Gasteiger charge is -2.29. The summed E-state index contributed by atoms with van der Waals surface area (Å²) in [6.07, 6.45) is -1.65. The van der Waals surface area contributed by atoms with E-state index in [4.69, 9.17) is 26.8 Å². The van der Waals surface area contributed by atoms with E-state index in [0.717, 1.165) is 4.90 Å². The Labute approximate surface area is 184 Å². The van der Waals surface area contributed by atoms with Crippen LogP contribution in [-0.4, -0.2) is 52.7 Å². The Kier molecular flexibility index (Phi) is 8.53. The Morgan fingerprint density at radius 3 is 2.00 bits per heavy atom. The highest BCUT2D eigenvalue weighted by Gasteiger charge is 2.32. The van der Waals surface area contributed by atoms with Crippen molar-refractivity contribution in [2.75, 3.05) is 13.6 Å². The van der Waals surface area contributed by atoms with Crippen LogP contribution >= 0.6 is 11.6 Å². The van der Waals surface area contributed by atoms with Crippen LogP contribution in [0.1, 0.15) is 54.0 Å². The lowest BCUT2D eigenvalue weighted by atomic mass is 10.2. The van der Waals surface area contributed by atoms with Gasteiger partial charge in [0.25, 0.3) is 0 Å². The lowest BCUT2D eigenvalue weighted by Crippen LogP contribution is -2.43. The molecule has 0 atom stereocenters. The number of carbonyl (C=O) groups excluding carboxylic acids is 2. The van der Waals surface area contributed by atoms with E-state index in [2.05, 4.69) is 4.99 Å². The van der Waals surface area contributed by atoms with Gasteiger partial charge in [-0.05, 0) is 60.1 Å². The van der Waals surface area contributed by atoms with E-state index in [1.165, 1.54) is 0 Å². The third-order valence-corrected chi connectivity index (χ3v) is 4.15. The monoisotopic (exact) mass is 440 g/mol. The molecule has 0 aromatic heterocycles. The van der Waals surface area contributed by atoms with E-state index in [1.54, 1.807) is 64.6 Å². The summed E-state index contributed by atoms with van der Waals surface area (Å²) in [5, 5.41) is 0.280. The number of rotatable bonds is 4. The quantitative estimate of drug-likeness (QED) is 0.527. The maximum absolute atomic E-state index is 12.7. The molecular weight excluding hydrogens is 408 g/mol. The molecule has 2 N–H and O–H groups in total. The first-order valence-electron chi connectivity index (χ1n) is 9.70. The number of hydrogen-bond donors (Lipinski definition) is 1. The van der Waals surface area contributed by atoms with Gasteiger partial charge in [-0.1, -0.05) is 23.7 Å². The number of imide groups is 1. The molecule has 0 unspecified atom stereocenters. The number of ether oxygens (including phenoxy) is 2. The van der Waals surface area contributed by atoms with Crippen LogP contribution in [-0.2, 0) is 16.0 Å². The van der Waals surface area contributed by atoms with Crippen LogP contribution in [0.4, 0.5) is 15.3 Å². The number of carbonyl (C=O) groups is 2. The lowest BCUT2D eigenvalue weighted by molar-refractivity contribution is -0.000238. The van der Waals surface area contributed by atoms with Crippen molar-refractivity contribution in [2.45, 2.75) is 66.2 Å². The van der Waals surface area contributed by atoms with E-state index < -0.39 is 23.4 Å². The van der Waals surface area contributed by atoms with Crippen LogP contribution in [0.15, 0.2) is 23.2 Å². The molecule has 0 aliphatic rings. The van der Waals surface area contributed by atoms with Gasteiger partial charge in [-0.25, -0.2) is 19.5 Å². The van der Waals surface area contributed by atoms with Gasteiger partial charge in [0, 0.05) is 13.6 Å². The van der Waals surface area contributed by atoms with E-state index in [-0.39, 0.29) is 11.6 Å². The molecule has 0 aliphatic carbocycles. The molecule has 9 heteroatoms. The van der Waals surface area contributed by atoms with E-state index in [9.17, 15) is 9.59 Å². The fourth-order valence-corrected chi connectivity index (χ4v) is 2.38. The molecule has 1 rings (SSSR count). The van der Waals surface area contributed by atoms with Crippen LogP contribution in [0.2, 0.25) is 5.02 Å². The summed E-state index contributed by atoms with van der Waals surface area (Å²) in [5.41, 5.74) is 5.34. The van der Waals surface area contributed by atoms with Crippen molar-refractivity contribution in [1.29, 1.82) is 0 Å². The molecule has 0 bridgehead atoms. The maximum Gasteiger partial charge on any atom is 0.420 e. The summed E-state index contributed by atoms with van der Waals surface area (Å²) < 4.78 is 10.8. The molecule has 168 valence electrons. The van der Waals surface area contributed by atoms with Gasteiger partial charge in [0.2, 0.25) is 0 Å². The number of amides is 2.